The van der Waals surface area contributed by atoms with Crippen LogP contribution in [0.2, 0.25) is 0 Å². The number of ether oxygens (including phenoxy) is 1. The minimum atomic E-state index is -2.06. The molecule has 1 atom stereocenters. The monoisotopic (exact) mass is 277 g/mol. The Hall–Kier alpha value is -0.710. The molecule has 1 N–H and O–H groups in total. The van der Waals surface area contributed by atoms with E-state index in [1.54, 1.807) is 13.8 Å². The molecule has 0 aromatic carbocycles. The van der Waals surface area contributed by atoms with Crippen LogP contribution in [0, 0.1) is 0 Å². The van der Waals surface area contributed by atoms with Crippen molar-refractivity contribution in [1.29, 1.82) is 0 Å². The SMILES string of the molecule is CCOC(=O)N(N[P+](=O)OCC)C1CCCCC1. The van der Waals surface area contributed by atoms with Gasteiger partial charge in [0, 0.05) is 5.20 Å². The first kappa shape index (κ1) is 15.3. The topological polar surface area (TPSA) is 67.9 Å². The van der Waals surface area contributed by atoms with Gasteiger partial charge in [-0.2, -0.15) is 5.01 Å². The maximum Gasteiger partial charge on any atom is 0.633 e. The predicted molar refractivity (Wildman–Crippen MR) is 68.1 cm³/mol. The van der Waals surface area contributed by atoms with Gasteiger partial charge in [0.05, 0.1) is 12.6 Å². The van der Waals surface area contributed by atoms with Crippen LogP contribution in [0.4, 0.5) is 4.79 Å². The Labute approximate surface area is 109 Å². The van der Waals surface area contributed by atoms with Gasteiger partial charge in [0.15, 0.2) is 0 Å². The number of nitrogens with one attached hydrogen (secondary N) is 1. The second-order valence-electron chi connectivity index (χ2n) is 4.14. The van der Waals surface area contributed by atoms with Gasteiger partial charge in [-0.15, -0.1) is 4.52 Å². The zero-order valence-corrected chi connectivity index (χ0v) is 11.9. The summed E-state index contributed by atoms with van der Waals surface area (Å²) in [6.45, 7) is 4.14. The van der Waals surface area contributed by atoms with Crippen molar-refractivity contribution in [3.63, 3.8) is 0 Å². The van der Waals surface area contributed by atoms with E-state index < -0.39 is 14.3 Å². The van der Waals surface area contributed by atoms with E-state index in [-0.39, 0.29) is 6.04 Å². The van der Waals surface area contributed by atoms with Crippen molar-refractivity contribution >= 4 is 14.3 Å². The van der Waals surface area contributed by atoms with Crippen LogP contribution >= 0.6 is 8.18 Å². The first-order valence-electron chi connectivity index (χ1n) is 6.51. The van der Waals surface area contributed by atoms with Crippen molar-refractivity contribution in [1.82, 2.24) is 10.2 Å². The normalized spacial score (nSPS) is 17.3. The molecule has 0 spiro atoms. The molecule has 0 saturated heterocycles. The van der Waals surface area contributed by atoms with Gasteiger partial charge in [0.2, 0.25) is 0 Å². The van der Waals surface area contributed by atoms with Gasteiger partial charge in [0.25, 0.3) is 0 Å². The van der Waals surface area contributed by atoms with E-state index in [0.717, 1.165) is 25.7 Å². The zero-order chi connectivity index (χ0) is 13.4. The largest absolute Gasteiger partial charge is 0.633 e. The smallest absolute Gasteiger partial charge is 0.449 e. The van der Waals surface area contributed by atoms with E-state index in [4.69, 9.17) is 9.26 Å². The summed E-state index contributed by atoms with van der Waals surface area (Å²) >= 11 is 0. The van der Waals surface area contributed by atoms with E-state index >= 15 is 0 Å². The average Bonchev–Trinajstić information content (AvgIpc) is 2.37. The third kappa shape index (κ3) is 4.88. The Kier molecular flexibility index (Phi) is 7.16. The summed E-state index contributed by atoms with van der Waals surface area (Å²) in [6, 6.07) is 0.0391. The third-order valence-electron chi connectivity index (χ3n) is 2.84. The number of carbonyl (C=O) groups is 1. The number of carbonyl (C=O) groups excluding carboxylic acids is 1. The van der Waals surface area contributed by atoms with E-state index in [1.165, 1.54) is 11.4 Å². The van der Waals surface area contributed by atoms with Crippen LogP contribution in [-0.4, -0.2) is 30.4 Å². The summed E-state index contributed by atoms with van der Waals surface area (Å²) in [7, 11) is -2.06. The van der Waals surface area contributed by atoms with Crippen LogP contribution in [0.1, 0.15) is 46.0 Å². The molecular formula is C11H22N2O4P+. The van der Waals surface area contributed by atoms with Crippen molar-refractivity contribution in [3.8, 4) is 0 Å². The fourth-order valence-corrected chi connectivity index (χ4v) is 2.75. The number of hydrogen-bond donors (Lipinski definition) is 1. The third-order valence-corrected chi connectivity index (χ3v) is 3.71. The molecule has 0 heterocycles. The molecule has 7 heteroatoms. The Morgan fingerprint density at radius 1 is 1.28 bits per heavy atom. The molecule has 0 aromatic heterocycles. The maximum atomic E-state index is 11.8. The van der Waals surface area contributed by atoms with Gasteiger partial charge in [0.1, 0.15) is 6.61 Å². The van der Waals surface area contributed by atoms with Crippen LogP contribution in [0.15, 0.2) is 0 Å². The molecule has 1 aliphatic carbocycles. The highest BCUT2D eigenvalue weighted by atomic mass is 31.1. The quantitative estimate of drug-likeness (QED) is 0.597. The number of rotatable bonds is 6. The summed E-state index contributed by atoms with van der Waals surface area (Å²) in [4.78, 5) is 11.8. The van der Waals surface area contributed by atoms with Gasteiger partial charge < -0.3 is 4.74 Å². The number of amides is 1. The summed E-state index contributed by atoms with van der Waals surface area (Å²) in [5, 5.41) is 3.96. The molecule has 1 amide bonds. The van der Waals surface area contributed by atoms with Gasteiger partial charge in [-0.1, -0.05) is 19.3 Å². The Morgan fingerprint density at radius 3 is 2.50 bits per heavy atom. The second kappa shape index (κ2) is 8.40. The summed E-state index contributed by atoms with van der Waals surface area (Å²) < 4.78 is 21.5. The lowest BCUT2D eigenvalue weighted by Gasteiger charge is -2.29. The molecule has 104 valence electrons. The van der Waals surface area contributed by atoms with Crippen molar-refractivity contribution in [2.24, 2.45) is 0 Å². The molecule has 18 heavy (non-hydrogen) atoms. The molecule has 1 aliphatic rings. The lowest BCUT2D eigenvalue weighted by Crippen LogP contribution is -2.47. The maximum absolute atomic E-state index is 11.8. The minimum absolute atomic E-state index is 0.0391. The Morgan fingerprint density at radius 2 is 1.94 bits per heavy atom. The van der Waals surface area contributed by atoms with Crippen molar-refractivity contribution in [3.05, 3.63) is 0 Å². The van der Waals surface area contributed by atoms with Gasteiger partial charge in [-0.25, -0.2) is 4.79 Å². The molecule has 0 aromatic rings. The van der Waals surface area contributed by atoms with Crippen molar-refractivity contribution in [2.75, 3.05) is 13.2 Å². The van der Waals surface area contributed by atoms with Gasteiger partial charge >= 0.3 is 14.3 Å². The summed E-state index contributed by atoms with van der Waals surface area (Å²) in [5.74, 6) is 0. The zero-order valence-electron chi connectivity index (χ0n) is 11.1. The lowest BCUT2D eigenvalue weighted by molar-refractivity contribution is 0.0673. The van der Waals surface area contributed by atoms with E-state index in [2.05, 4.69) is 5.20 Å². The number of hydrazine groups is 1. The molecule has 1 fully saturated rings. The lowest BCUT2D eigenvalue weighted by atomic mass is 9.95. The molecule has 1 rings (SSSR count). The molecule has 0 radical (unpaired) electrons. The van der Waals surface area contributed by atoms with E-state index in [9.17, 15) is 9.36 Å². The molecule has 0 aliphatic heterocycles. The molecular weight excluding hydrogens is 255 g/mol. The first-order chi connectivity index (χ1) is 8.69. The average molecular weight is 277 g/mol. The fraction of sp³-hybridized carbons (Fsp3) is 0.909. The van der Waals surface area contributed by atoms with Crippen LogP contribution in [0.3, 0.4) is 0 Å². The number of nitrogens with zero attached hydrogens (tertiary/aromatic N) is 1. The van der Waals surface area contributed by atoms with Crippen molar-refractivity contribution in [2.45, 2.75) is 52.0 Å². The summed E-state index contributed by atoms with van der Waals surface area (Å²) in [6.07, 6.45) is 4.67. The highest BCUT2D eigenvalue weighted by Gasteiger charge is 2.33. The van der Waals surface area contributed by atoms with E-state index in [0.29, 0.717) is 13.2 Å². The minimum Gasteiger partial charge on any atom is -0.449 e. The van der Waals surface area contributed by atoms with Gasteiger partial charge in [-0.3, -0.25) is 0 Å². The predicted octanol–water partition coefficient (Wildman–Crippen LogP) is 2.98. The van der Waals surface area contributed by atoms with Crippen LogP contribution in [0.5, 0.6) is 0 Å². The fourth-order valence-electron chi connectivity index (χ4n) is 2.04. The molecule has 0 bridgehead atoms. The molecule has 1 unspecified atom stereocenters. The second-order valence-corrected chi connectivity index (χ2v) is 5.11. The molecule has 1 saturated carbocycles. The van der Waals surface area contributed by atoms with Crippen LogP contribution in [-0.2, 0) is 13.8 Å². The Balaban J connectivity index is 2.61. The van der Waals surface area contributed by atoms with Crippen molar-refractivity contribution < 1.29 is 18.6 Å². The van der Waals surface area contributed by atoms with Gasteiger partial charge in [-0.05, 0) is 31.3 Å². The molecule has 6 nitrogen and oxygen atoms in total. The Bertz CT molecular complexity index is 282. The highest BCUT2D eigenvalue weighted by molar-refractivity contribution is 7.36. The first-order valence-corrected chi connectivity index (χ1v) is 7.69. The number of hydrogen-bond acceptors (Lipinski definition) is 4. The van der Waals surface area contributed by atoms with Crippen LogP contribution < -0.4 is 5.20 Å². The standard InChI is InChI=1S/C11H22N2O4P/c1-3-16-11(14)13(12-18(15)17-4-2)10-8-6-5-7-9-10/h10H,3-9H2,1-2H3,(H,12,15)/q+1. The summed E-state index contributed by atoms with van der Waals surface area (Å²) in [5.41, 5.74) is 0. The van der Waals surface area contributed by atoms with E-state index in [1.807, 2.05) is 0 Å². The highest BCUT2D eigenvalue weighted by Crippen LogP contribution is 2.25. The van der Waals surface area contributed by atoms with Crippen LogP contribution in [0.25, 0.3) is 0 Å².